The van der Waals surface area contributed by atoms with Gasteiger partial charge in [0.05, 0.1) is 17.6 Å². The topological polar surface area (TPSA) is 71.6 Å². The van der Waals surface area contributed by atoms with Crippen molar-refractivity contribution in [2.24, 2.45) is 5.92 Å². The number of benzene rings is 2. The van der Waals surface area contributed by atoms with Crippen molar-refractivity contribution in [1.82, 2.24) is 14.5 Å². The van der Waals surface area contributed by atoms with Crippen LogP contribution in [0.25, 0.3) is 15.9 Å². The number of halogens is 1. The van der Waals surface area contributed by atoms with Crippen molar-refractivity contribution in [3.05, 3.63) is 82.3 Å². The van der Waals surface area contributed by atoms with Gasteiger partial charge >= 0.3 is 0 Å². The minimum Gasteiger partial charge on any atom is -0.348 e. The van der Waals surface area contributed by atoms with E-state index >= 15 is 0 Å². The van der Waals surface area contributed by atoms with E-state index < -0.39 is 0 Å². The number of rotatable bonds is 5. The van der Waals surface area contributed by atoms with Crippen molar-refractivity contribution >= 4 is 40.4 Å². The van der Waals surface area contributed by atoms with Gasteiger partial charge in [0.25, 0.3) is 11.8 Å². The maximum absolute atomic E-state index is 12.9. The number of aromatic nitrogens is 2. The Balaban J connectivity index is 1.56. The van der Waals surface area contributed by atoms with Crippen LogP contribution in [-0.2, 0) is 4.79 Å². The minimum absolute atomic E-state index is 0.0578. The fraction of sp³-hybridized carbons (Fsp3) is 0.308. The lowest BCUT2D eigenvalue weighted by Crippen LogP contribution is -2.39. The highest BCUT2D eigenvalue weighted by Crippen LogP contribution is 2.32. The van der Waals surface area contributed by atoms with Crippen molar-refractivity contribution in [3.8, 4) is 0 Å². The predicted molar refractivity (Wildman–Crippen MR) is 134 cm³/mol. The van der Waals surface area contributed by atoms with E-state index in [-0.39, 0.29) is 29.5 Å². The maximum Gasteiger partial charge on any atom is 0.257 e. The van der Waals surface area contributed by atoms with E-state index in [2.05, 4.69) is 19.7 Å². The van der Waals surface area contributed by atoms with Gasteiger partial charge in [0.1, 0.15) is 0 Å². The molecular weight excluding hydrogens is 450 g/mol. The van der Waals surface area contributed by atoms with E-state index in [1.807, 2.05) is 38.1 Å². The number of anilines is 1. The molecule has 0 saturated carbocycles. The van der Waals surface area contributed by atoms with Crippen LogP contribution >= 0.6 is 11.6 Å². The Morgan fingerprint density at radius 3 is 2.47 bits per heavy atom. The van der Waals surface area contributed by atoms with Crippen molar-refractivity contribution in [2.75, 3.05) is 18.4 Å². The molecule has 1 aliphatic rings. The smallest absolute Gasteiger partial charge is 0.257 e. The Labute approximate surface area is 203 Å². The number of allylic oxidation sites excluding steroid dienone is 1. The number of nitrogens with one attached hydrogen (secondary N) is 1. The predicted octanol–water partition coefficient (Wildman–Crippen LogP) is 5.56. The van der Waals surface area contributed by atoms with Crippen molar-refractivity contribution in [2.45, 2.75) is 32.7 Å². The monoisotopic (exact) mass is 475 g/mol. The first-order valence-electron chi connectivity index (χ1n) is 11.3. The average molecular weight is 476 g/mol. The Bertz CT molecular complexity index is 1280. The summed E-state index contributed by atoms with van der Waals surface area (Å²) >= 11 is 5.95. The number of para-hydroxylation sites is 2. The molecule has 1 N–H and O–H groups in total. The molecule has 34 heavy (non-hydrogen) atoms. The van der Waals surface area contributed by atoms with Gasteiger partial charge in [-0.15, -0.1) is 0 Å². The van der Waals surface area contributed by atoms with E-state index in [0.717, 1.165) is 11.0 Å². The van der Waals surface area contributed by atoms with Gasteiger partial charge in [0, 0.05) is 29.7 Å². The molecule has 174 valence electrons. The normalized spacial score (nSPS) is 14.9. The number of amides is 2. The summed E-state index contributed by atoms with van der Waals surface area (Å²) in [6.45, 7) is 12.3. The summed E-state index contributed by atoms with van der Waals surface area (Å²) in [6, 6.07) is 14.5. The van der Waals surface area contributed by atoms with Crippen LogP contribution in [0.15, 0.2) is 60.3 Å². The molecule has 1 aromatic heterocycles. The third-order valence-electron chi connectivity index (χ3n) is 5.88. The third-order valence-corrected chi connectivity index (χ3v) is 6.13. The number of piperidine rings is 1. The molecule has 0 bridgehead atoms. The van der Waals surface area contributed by atoms with Gasteiger partial charge in [-0.25, -0.2) is 9.83 Å². The largest absolute Gasteiger partial charge is 0.348 e. The highest BCUT2D eigenvalue weighted by molar-refractivity contribution is 6.30. The molecule has 2 aromatic carbocycles. The zero-order valence-corrected chi connectivity index (χ0v) is 19.9. The zero-order valence-electron chi connectivity index (χ0n) is 19.2. The van der Waals surface area contributed by atoms with Gasteiger partial charge in [-0.2, -0.15) is 0 Å². The van der Waals surface area contributed by atoms with Crippen molar-refractivity contribution in [1.29, 1.82) is 0 Å². The molecule has 3 aromatic rings. The second-order valence-corrected chi connectivity index (χ2v) is 9.12. The molecule has 8 heteroatoms. The molecule has 1 fully saturated rings. The molecule has 1 aliphatic heterocycles. The van der Waals surface area contributed by atoms with Gasteiger partial charge in [0.15, 0.2) is 0 Å². The molecule has 2 heterocycles. The number of hydrogen-bond donors (Lipinski definition) is 1. The zero-order chi connectivity index (χ0) is 24.2. The quantitative estimate of drug-likeness (QED) is 0.387. The highest BCUT2D eigenvalue weighted by Gasteiger charge is 2.29. The number of hydrogen-bond acceptors (Lipinski definition) is 3. The van der Waals surface area contributed by atoms with Crippen LogP contribution in [0.4, 0.5) is 5.95 Å². The van der Waals surface area contributed by atoms with E-state index in [9.17, 15) is 9.59 Å². The molecule has 4 rings (SSSR count). The first-order chi connectivity index (χ1) is 16.4. The van der Waals surface area contributed by atoms with E-state index in [1.54, 1.807) is 35.2 Å². The highest BCUT2D eigenvalue weighted by atomic mass is 35.5. The molecule has 1 saturated heterocycles. The maximum atomic E-state index is 12.9. The molecule has 0 radical (unpaired) electrons. The number of carbonyl (C=O) groups excluding carboxylic acids is 2. The van der Waals surface area contributed by atoms with Crippen LogP contribution in [0.1, 0.15) is 43.1 Å². The molecular formula is C26H26ClN5O2. The lowest BCUT2D eigenvalue weighted by molar-refractivity contribution is -0.128. The SMILES string of the molecule is [C-]#[N+]C(=CC(C)C)C(=O)N1CCC(n2c(NC(=O)c3ccc(Cl)cc3)nc3ccccc32)CC1. The minimum atomic E-state index is -0.263. The van der Waals surface area contributed by atoms with E-state index in [0.29, 0.717) is 42.5 Å². The third kappa shape index (κ3) is 4.97. The van der Waals surface area contributed by atoms with Gasteiger partial charge in [0.2, 0.25) is 11.6 Å². The summed E-state index contributed by atoms with van der Waals surface area (Å²) in [6.07, 6.45) is 3.11. The lowest BCUT2D eigenvalue weighted by Gasteiger charge is -2.33. The summed E-state index contributed by atoms with van der Waals surface area (Å²) in [7, 11) is 0. The molecule has 2 amide bonds. The first-order valence-corrected chi connectivity index (χ1v) is 11.7. The Hall–Kier alpha value is -3.63. The average Bonchev–Trinajstić information content (AvgIpc) is 3.20. The Kier molecular flexibility index (Phi) is 6.99. The van der Waals surface area contributed by atoms with E-state index in [4.69, 9.17) is 18.2 Å². The van der Waals surface area contributed by atoms with Crippen molar-refractivity contribution < 1.29 is 9.59 Å². The second kappa shape index (κ2) is 10.1. The number of carbonyl (C=O) groups is 2. The second-order valence-electron chi connectivity index (χ2n) is 8.69. The summed E-state index contributed by atoms with van der Waals surface area (Å²) in [5.41, 5.74) is 2.40. The van der Waals surface area contributed by atoms with Gasteiger partial charge in [-0.1, -0.05) is 43.7 Å². The lowest BCUT2D eigenvalue weighted by atomic mass is 10.0. The number of imidazole rings is 1. The van der Waals surface area contributed by atoms with Crippen LogP contribution in [0.2, 0.25) is 5.02 Å². The fourth-order valence-corrected chi connectivity index (χ4v) is 4.36. The summed E-state index contributed by atoms with van der Waals surface area (Å²) in [4.78, 5) is 35.6. The van der Waals surface area contributed by atoms with Crippen LogP contribution in [0.5, 0.6) is 0 Å². The van der Waals surface area contributed by atoms with Crippen LogP contribution in [0, 0.1) is 12.5 Å². The van der Waals surface area contributed by atoms with Gasteiger partial charge in [-0.3, -0.25) is 14.9 Å². The Morgan fingerprint density at radius 1 is 1.15 bits per heavy atom. The molecule has 0 unspecified atom stereocenters. The van der Waals surface area contributed by atoms with Gasteiger partial charge < -0.3 is 9.47 Å². The molecule has 7 nitrogen and oxygen atoms in total. The first kappa shape index (κ1) is 23.5. The summed E-state index contributed by atoms with van der Waals surface area (Å²) in [5, 5.41) is 3.52. The summed E-state index contributed by atoms with van der Waals surface area (Å²) in [5.74, 6) is 0.137. The fourth-order valence-electron chi connectivity index (χ4n) is 4.24. The summed E-state index contributed by atoms with van der Waals surface area (Å²) < 4.78 is 2.06. The van der Waals surface area contributed by atoms with E-state index in [1.165, 1.54) is 0 Å². The number of nitrogens with zero attached hydrogens (tertiary/aromatic N) is 4. The van der Waals surface area contributed by atoms with Crippen LogP contribution in [-0.4, -0.2) is 39.4 Å². The Morgan fingerprint density at radius 2 is 1.82 bits per heavy atom. The molecule has 0 atom stereocenters. The standard InChI is InChI=1S/C26H26ClN5O2/c1-17(2)16-22(28-3)25(34)31-14-12-20(13-15-31)32-23-7-5-4-6-21(23)29-26(32)30-24(33)18-8-10-19(27)11-9-18/h4-11,16-17,20H,12-15H2,1-2H3,(H,29,30,33). The van der Waals surface area contributed by atoms with Crippen LogP contribution in [0.3, 0.4) is 0 Å². The molecule has 0 spiro atoms. The molecule has 0 aliphatic carbocycles. The van der Waals surface area contributed by atoms with Crippen LogP contribution < -0.4 is 5.32 Å². The number of likely N-dealkylation sites (tertiary alicyclic amines) is 1. The van der Waals surface area contributed by atoms with Crippen molar-refractivity contribution in [3.63, 3.8) is 0 Å². The van der Waals surface area contributed by atoms with Gasteiger partial charge in [-0.05, 0) is 55.2 Å². The number of fused-ring (bicyclic) bond motifs is 1.